The van der Waals surface area contributed by atoms with Crippen LogP contribution in [0.25, 0.3) is 10.9 Å². The number of carbonyl (C=O) groups excluding carboxylic acids is 2. The Morgan fingerprint density at radius 2 is 1.70 bits per heavy atom. The van der Waals surface area contributed by atoms with Gasteiger partial charge in [0, 0.05) is 36.9 Å². The molecule has 0 aliphatic heterocycles. The molecule has 8 heteroatoms. The molecule has 0 unspecified atom stereocenters. The van der Waals surface area contributed by atoms with Gasteiger partial charge in [-0.2, -0.15) is 0 Å². The van der Waals surface area contributed by atoms with Crippen LogP contribution in [0, 0.1) is 5.82 Å². The van der Waals surface area contributed by atoms with E-state index in [1.807, 2.05) is 24.3 Å². The molecule has 0 spiro atoms. The highest BCUT2D eigenvalue weighted by molar-refractivity contribution is 5.91. The van der Waals surface area contributed by atoms with E-state index < -0.39 is 35.7 Å². The van der Waals surface area contributed by atoms with Crippen molar-refractivity contribution >= 4 is 28.7 Å². The van der Waals surface area contributed by atoms with E-state index in [1.165, 1.54) is 31.2 Å². The van der Waals surface area contributed by atoms with E-state index in [1.54, 1.807) is 6.20 Å². The molecule has 4 N–H and O–H groups in total. The molecule has 0 bridgehead atoms. The molecule has 3 aromatic rings. The maximum atomic E-state index is 13.1. The summed E-state index contributed by atoms with van der Waals surface area (Å²) in [5.41, 5.74) is 2.26. The van der Waals surface area contributed by atoms with Crippen molar-refractivity contribution < 1.29 is 23.9 Å². The van der Waals surface area contributed by atoms with Crippen molar-refractivity contribution in [1.82, 2.24) is 15.6 Å². The normalized spacial score (nSPS) is 12.9. The number of aliphatic carboxylic acids is 1. The number of nitrogens with one attached hydrogen (secondary N) is 3. The van der Waals surface area contributed by atoms with Gasteiger partial charge in [-0.1, -0.05) is 30.3 Å². The van der Waals surface area contributed by atoms with E-state index in [0.717, 1.165) is 16.5 Å². The predicted octanol–water partition coefficient (Wildman–Crippen LogP) is 2.17. The molecule has 0 aliphatic rings. The number of benzene rings is 2. The lowest BCUT2D eigenvalue weighted by Gasteiger charge is -2.21. The zero-order valence-corrected chi connectivity index (χ0v) is 16.3. The third-order valence-electron chi connectivity index (χ3n) is 4.76. The summed E-state index contributed by atoms with van der Waals surface area (Å²) in [6.45, 7) is 1.27. The molecule has 2 atom stereocenters. The fourth-order valence-electron chi connectivity index (χ4n) is 3.30. The fourth-order valence-corrected chi connectivity index (χ4v) is 3.30. The average molecular weight is 411 g/mol. The fraction of sp³-hybridized carbons (Fsp3) is 0.227. The smallest absolute Gasteiger partial charge is 0.326 e. The van der Waals surface area contributed by atoms with Crippen LogP contribution in [0.5, 0.6) is 0 Å². The molecule has 0 fully saturated rings. The van der Waals surface area contributed by atoms with Crippen LogP contribution in [-0.2, 0) is 27.2 Å². The van der Waals surface area contributed by atoms with Crippen molar-refractivity contribution in [2.75, 3.05) is 0 Å². The Morgan fingerprint density at radius 3 is 2.37 bits per heavy atom. The lowest BCUT2D eigenvalue weighted by molar-refractivity contribution is -0.142. The van der Waals surface area contributed by atoms with E-state index >= 15 is 0 Å². The second kappa shape index (κ2) is 9.21. The maximum absolute atomic E-state index is 13.1. The highest BCUT2D eigenvalue weighted by Crippen LogP contribution is 2.19. The molecule has 30 heavy (non-hydrogen) atoms. The Bertz CT molecular complexity index is 1060. The number of carboxylic acid groups (broad SMARTS) is 1. The van der Waals surface area contributed by atoms with E-state index in [2.05, 4.69) is 15.6 Å². The highest BCUT2D eigenvalue weighted by atomic mass is 19.1. The number of amides is 2. The van der Waals surface area contributed by atoms with Gasteiger partial charge in [-0.05, 0) is 29.3 Å². The van der Waals surface area contributed by atoms with Gasteiger partial charge >= 0.3 is 5.97 Å². The molecule has 156 valence electrons. The van der Waals surface area contributed by atoms with Gasteiger partial charge in [0.25, 0.3) is 0 Å². The number of fused-ring (bicyclic) bond motifs is 1. The number of aromatic nitrogens is 1. The minimum Gasteiger partial charge on any atom is -0.480 e. The summed E-state index contributed by atoms with van der Waals surface area (Å²) < 4.78 is 13.1. The number of aromatic amines is 1. The maximum Gasteiger partial charge on any atom is 0.326 e. The molecular formula is C22H22FN3O4. The molecule has 7 nitrogen and oxygen atoms in total. The van der Waals surface area contributed by atoms with Crippen molar-refractivity contribution in [2.24, 2.45) is 0 Å². The van der Waals surface area contributed by atoms with Gasteiger partial charge in [0.2, 0.25) is 11.8 Å². The SMILES string of the molecule is CC(=O)N[C@H](Cc1ccc(F)cc1)C(=O)N[C@H](Cc1c[nH]c2ccccc12)C(=O)O. The van der Waals surface area contributed by atoms with Gasteiger partial charge in [-0.15, -0.1) is 0 Å². The van der Waals surface area contributed by atoms with Crippen LogP contribution >= 0.6 is 0 Å². The number of hydrogen-bond donors (Lipinski definition) is 4. The summed E-state index contributed by atoms with van der Waals surface area (Å²) in [4.78, 5) is 39.2. The van der Waals surface area contributed by atoms with Gasteiger partial charge < -0.3 is 20.7 Å². The van der Waals surface area contributed by atoms with Crippen LogP contribution < -0.4 is 10.6 Å². The standard InChI is InChI=1S/C22H22FN3O4/c1-13(27)25-19(10-14-6-8-16(23)9-7-14)21(28)26-20(22(29)30)11-15-12-24-18-5-3-2-4-17(15)18/h2-9,12,19-20,24H,10-11H2,1H3,(H,25,27)(H,26,28)(H,29,30)/t19-,20-/m1/s1. The first-order chi connectivity index (χ1) is 14.3. The molecule has 0 saturated carbocycles. The van der Waals surface area contributed by atoms with Crippen LogP contribution in [0.3, 0.4) is 0 Å². The summed E-state index contributed by atoms with van der Waals surface area (Å²) in [7, 11) is 0. The molecule has 0 radical (unpaired) electrons. The highest BCUT2D eigenvalue weighted by Gasteiger charge is 2.27. The lowest BCUT2D eigenvalue weighted by atomic mass is 10.0. The number of H-pyrrole nitrogens is 1. The summed E-state index contributed by atoms with van der Waals surface area (Å²) >= 11 is 0. The van der Waals surface area contributed by atoms with Gasteiger partial charge in [0.05, 0.1) is 0 Å². The molecule has 2 amide bonds. The van der Waals surface area contributed by atoms with Crippen LogP contribution in [0.2, 0.25) is 0 Å². The lowest BCUT2D eigenvalue weighted by Crippen LogP contribution is -2.52. The number of carbonyl (C=O) groups is 3. The molecule has 0 aliphatic carbocycles. The first-order valence-electron chi connectivity index (χ1n) is 9.43. The topological polar surface area (TPSA) is 111 Å². The second-order valence-corrected chi connectivity index (χ2v) is 7.05. The monoisotopic (exact) mass is 411 g/mol. The Labute approximate surface area is 172 Å². The van der Waals surface area contributed by atoms with Crippen molar-refractivity contribution in [1.29, 1.82) is 0 Å². The first kappa shape index (κ1) is 21.0. The Kier molecular flexibility index (Phi) is 6.46. The number of rotatable bonds is 8. The van der Waals surface area contributed by atoms with Gasteiger partial charge in [0.1, 0.15) is 17.9 Å². The summed E-state index contributed by atoms with van der Waals surface area (Å²) in [6.07, 6.45) is 1.90. The Morgan fingerprint density at radius 1 is 1.00 bits per heavy atom. The van der Waals surface area contributed by atoms with Gasteiger partial charge in [-0.3, -0.25) is 9.59 Å². The average Bonchev–Trinajstić information content (AvgIpc) is 3.11. The predicted molar refractivity (Wildman–Crippen MR) is 109 cm³/mol. The van der Waals surface area contributed by atoms with E-state index in [4.69, 9.17) is 0 Å². The van der Waals surface area contributed by atoms with Crippen molar-refractivity contribution in [3.05, 3.63) is 71.7 Å². The minimum absolute atomic E-state index is 0.0778. The summed E-state index contributed by atoms with van der Waals surface area (Å²) in [5, 5.41) is 15.5. The molecule has 0 saturated heterocycles. The molecule has 3 rings (SSSR count). The third-order valence-corrected chi connectivity index (χ3v) is 4.76. The number of halogens is 1. The van der Waals surface area contributed by atoms with Gasteiger partial charge in [-0.25, -0.2) is 9.18 Å². The third kappa shape index (κ3) is 5.22. The van der Waals surface area contributed by atoms with Crippen LogP contribution in [0.15, 0.2) is 54.7 Å². The second-order valence-electron chi connectivity index (χ2n) is 7.05. The summed E-state index contributed by atoms with van der Waals surface area (Å²) in [5.74, 6) is -2.65. The van der Waals surface area contributed by atoms with Crippen LogP contribution in [-0.4, -0.2) is 40.0 Å². The summed E-state index contributed by atoms with van der Waals surface area (Å²) in [6, 6.07) is 10.8. The number of carboxylic acids is 1. The quantitative estimate of drug-likeness (QED) is 0.455. The zero-order chi connectivity index (χ0) is 21.7. The largest absolute Gasteiger partial charge is 0.480 e. The van der Waals surface area contributed by atoms with Crippen molar-refractivity contribution in [2.45, 2.75) is 31.8 Å². The minimum atomic E-state index is -1.18. The molecule has 2 aromatic carbocycles. The van der Waals surface area contributed by atoms with E-state index in [9.17, 15) is 23.9 Å². The number of para-hydroxylation sites is 1. The van der Waals surface area contributed by atoms with E-state index in [0.29, 0.717) is 5.56 Å². The van der Waals surface area contributed by atoms with Gasteiger partial charge in [0.15, 0.2) is 0 Å². The number of hydrogen-bond acceptors (Lipinski definition) is 3. The molecular weight excluding hydrogens is 389 g/mol. The van der Waals surface area contributed by atoms with Crippen molar-refractivity contribution in [3.8, 4) is 0 Å². The molecule has 1 aromatic heterocycles. The molecule has 1 heterocycles. The Hall–Kier alpha value is -3.68. The van der Waals surface area contributed by atoms with Crippen molar-refractivity contribution in [3.63, 3.8) is 0 Å². The zero-order valence-electron chi connectivity index (χ0n) is 16.3. The first-order valence-corrected chi connectivity index (χ1v) is 9.43. The van der Waals surface area contributed by atoms with Crippen LogP contribution in [0.1, 0.15) is 18.1 Å². The van der Waals surface area contributed by atoms with Crippen LogP contribution in [0.4, 0.5) is 4.39 Å². The van der Waals surface area contributed by atoms with E-state index in [-0.39, 0.29) is 12.8 Å². The Balaban J connectivity index is 1.75.